The van der Waals surface area contributed by atoms with Crippen molar-refractivity contribution in [3.05, 3.63) is 29.1 Å². The van der Waals surface area contributed by atoms with Gasteiger partial charge in [0.1, 0.15) is 11.6 Å². The standard InChI is InChI=1S/C11H13FO2/c1-11(2,3)9-8(12)5-4-7(6-13)10(9)14/h4-6,14H,1-3H3. The Morgan fingerprint density at radius 1 is 1.36 bits per heavy atom. The molecule has 0 unspecified atom stereocenters. The fourth-order valence-corrected chi connectivity index (χ4v) is 1.39. The largest absolute Gasteiger partial charge is 0.507 e. The van der Waals surface area contributed by atoms with Gasteiger partial charge in [0.25, 0.3) is 0 Å². The van der Waals surface area contributed by atoms with Gasteiger partial charge >= 0.3 is 0 Å². The molecule has 0 saturated carbocycles. The van der Waals surface area contributed by atoms with E-state index in [1.807, 2.05) is 0 Å². The highest BCUT2D eigenvalue weighted by Crippen LogP contribution is 2.34. The van der Waals surface area contributed by atoms with Gasteiger partial charge in [-0.3, -0.25) is 4.79 Å². The summed E-state index contributed by atoms with van der Waals surface area (Å²) in [5.41, 5.74) is -0.217. The Bertz CT molecular complexity index is 364. The minimum atomic E-state index is -0.521. The van der Waals surface area contributed by atoms with Gasteiger partial charge in [-0.1, -0.05) is 20.8 Å². The van der Waals surface area contributed by atoms with Gasteiger partial charge in [-0.05, 0) is 17.5 Å². The molecule has 0 bridgehead atoms. The molecule has 0 atom stereocenters. The van der Waals surface area contributed by atoms with Crippen LogP contribution in [-0.4, -0.2) is 11.4 Å². The molecule has 1 aromatic carbocycles. The van der Waals surface area contributed by atoms with Crippen LogP contribution in [0.3, 0.4) is 0 Å². The number of aromatic hydroxyl groups is 1. The summed E-state index contributed by atoms with van der Waals surface area (Å²) in [7, 11) is 0. The molecule has 0 saturated heterocycles. The highest BCUT2D eigenvalue weighted by molar-refractivity contribution is 5.80. The molecule has 14 heavy (non-hydrogen) atoms. The number of halogens is 1. The number of hydrogen-bond acceptors (Lipinski definition) is 2. The van der Waals surface area contributed by atoms with Crippen molar-refractivity contribution in [2.75, 3.05) is 0 Å². The molecule has 0 spiro atoms. The Kier molecular flexibility index (Phi) is 2.60. The number of carbonyl (C=O) groups is 1. The van der Waals surface area contributed by atoms with Crippen LogP contribution < -0.4 is 0 Å². The maximum absolute atomic E-state index is 13.4. The predicted octanol–water partition coefficient (Wildman–Crippen LogP) is 2.64. The lowest BCUT2D eigenvalue weighted by Gasteiger charge is -2.21. The highest BCUT2D eigenvalue weighted by Gasteiger charge is 2.24. The van der Waals surface area contributed by atoms with E-state index < -0.39 is 11.2 Å². The molecule has 0 aliphatic carbocycles. The van der Waals surface area contributed by atoms with E-state index in [0.717, 1.165) is 0 Å². The molecular formula is C11H13FO2. The van der Waals surface area contributed by atoms with Crippen LogP contribution in [0, 0.1) is 5.82 Å². The summed E-state index contributed by atoms with van der Waals surface area (Å²) in [6.07, 6.45) is 0.518. The molecule has 1 rings (SSSR count). The Morgan fingerprint density at radius 2 is 1.93 bits per heavy atom. The predicted molar refractivity (Wildman–Crippen MR) is 52.2 cm³/mol. The van der Waals surface area contributed by atoms with Crippen LogP contribution in [0.4, 0.5) is 4.39 Å². The van der Waals surface area contributed by atoms with Crippen molar-refractivity contribution in [3.63, 3.8) is 0 Å². The molecular weight excluding hydrogens is 183 g/mol. The number of phenols is 1. The van der Waals surface area contributed by atoms with Gasteiger partial charge in [0.15, 0.2) is 6.29 Å². The maximum Gasteiger partial charge on any atom is 0.153 e. The number of benzene rings is 1. The molecule has 0 fully saturated rings. The summed E-state index contributed by atoms with van der Waals surface area (Å²) in [5.74, 6) is -0.742. The Labute approximate surface area is 82.4 Å². The quantitative estimate of drug-likeness (QED) is 0.701. The van der Waals surface area contributed by atoms with E-state index in [1.165, 1.54) is 12.1 Å². The lowest BCUT2D eigenvalue weighted by Crippen LogP contribution is -2.14. The van der Waals surface area contributed by atoms with Crippen LogP contribution in [0.15, 0.2) is 12.1 Å². The second kappa shape index (κ2) is 3.40. The molecule has 1 aromatic rings. The second-order valence-electron chi connectivity index (χ2n) is 4.23. The van der Waals surface area contributed by atoms with Gasteiger partial charge in [0.05, 0.1) is 5.56 Å². The van der Waals surface area contributed by atoms with E-state index in [2.05, 4.69) is 0 Å². The van der Waals surface area contributed by atoms with Gasteiger partial charge < -0.3 is 5.11 Å². The van der Waals surface area contributed by atoms with Crippen LogP contribution >= 0.6 is 0 Å². The lowest BCUT2D eigenvalue weighted by molar-refractivity contribution is 0.112. The second-order valence-corrected chi connectivity index (χ2v) is 4.23. The first kappa shape index (κ1) is 10.7. The zero-order valence-corrected chi connectivity index (χ0v) is 8.47. The molecule has 0 heterocycles. The van der Waals surface area contributed by atoms with E-state index in [1.54, 1.807) is 20.8 Å². The van der Waals surface area contributed by atoms with Crippen LogP contribution in [-0.2, 0) is 5.41 Å². The number of aldehydes is 1. The third-order valence-electron chi connectivity index (χ3n) is 2.04. The Hall–Kier alpha value is -1.38. The van der Waals surface area contributed by atoms with E-state index in [9.17, 15) is 14.3 Å². The van der Waals surface area contributed by atoms with E-state index in [0.29, 0.717) is 6.29 Å². The van der Waals surface area contributed by atoms with Crippen molar-refractivity contribution >= 4 is 6.29 Å². The van der Waals surface area contributed by atoms with Crippen molar-refractivity contribution < 1.29 is 14.3 Å². The molecule has 2 nitrogen and oxygen atoms in total. The monoisotopic (exact) mass is 196 g/mol. The average molecular weight is 196 g/mol. The molecule has 0 aromatic heterocycles. The minimum Gasteiger partial charge on any atom is -0.507 e. The normalized spacial score (nSPS) is 11.4. The first-order valence-corrected chi connectivity index (χ1v) is 4.35. The summed E-state index contributed by atoms with van der Waals surface area (Å²) < 4.78 is 13.4. The number of rotatable bonds is 1. The maximum atomic E-state index is 13.4. The molecule has 0 radical (unpaired) electrons. The summed E-state index contributed by atoms with van der Waals surface area (Å²) in [5, 5.41) is 9.63. The van der Waals surface area contributed by atoms with Gasteiger partial charge in [-0.2, -0.15) is 0 Å². The van der Waals surface area contributed by atoms with E-state index in [4.69, 9.17) is 0 Å². The fourth-order valence-electron chi connectivity index (χ4n) is 1.39. The van der Waals surface area contributed by atoms with Gasteiger partial charge in [-0.25, -0.2) is 4.39 Å². The van der Waals surface area contributed by atoms with E-state index >= 15 is 0 Å². The van der Waals surface area contributed by atoms with Crippen LogP contribution in [0.1, 0.15) is 36.7 Å². The Balaban J connectivity index is 3.48. The third kappa shape index (κ3) is 1.76. The molecule has 0 aliphatic heterocycles. The average Bonchev–Trinajstić information content (AvgIpc) is 2.02. The zero-order chi connectivity index (χ0) is 10.9. The summed E-state index contributed by atoms with van der Waals surface area (Å²) in [4.78, 5) is 10.5. The van der Waals surface area contributed by atoms with Crippen molar-refractivity contribution in [3.8, 4) is 5.75 Å². The SMILES string of the molecule is CC(C)(C)c1c(F)ccc(C=O)c1O. The summed E-state index contributed by atoms with van der Waals surface area (Å²) in [6.45, 7) is 5.33. The molecule has 76 valence electrons. The van der Waals surface area contributed by atoms with Gasteiger partial charge in [-0.15, -0.1) is 0 Å². The van der Waals surface area contributed by atoms with Crippen molar-refractivity contribution in [1.82, 2.24) is 0 Å². The first-order chi connectivity index (χ1) is 6.38. The van der Waals surface area contributed by atoms with E-state index in [-0.39, 0.29) is 16.9 Å². The van der Waals surface area contributed by atoms with Crippen LogP contribution in [0.5, 0.6) is 5.75 Å². The van der Waals surface area contributed by atoms with Crippen molar-refractivity contribution in [2.45, 2.75) is 26.2 Å². The molecule has 0 aliphatic rings. The third-order valence-corrected chi connectivity index (χ3v) is 2.04. The number of carbonyl (C=O) groups excluding carboxylic acids is 1. The Morgan fingerprint density at radius 3 is 2.36 bits per heavy atom. The van der Waals surface area contributed by atoms with Gasteiger partial charge in [0, 0.05) is 5.56 Å². The van der Waals surface area contributed by atoms with Crippen molar-refractivity contribution in [2.24, 2.45) is 0 Å². The molecule has 1 N–H and O–H groups in total. The minimum absolute atomic E-state index is 0.122. The number of hydrogen-bond donors (Lipinski definition) is 1. The lowest BCUT2D eigenvalue weighted by atomic mass is 9.85. The highest BCUT2D eigenvalue weighted by atomic mass is 19.1. The van der Waals surface area contributed by atoms with Crippen molar-refractivity contribution in [1.29, 1.82) is 0 Å². The smallest absolute Gasteiger partial charge is 0.153 e. The number of phenolic OH excluding ortho intramolecular Hbond substituents is 1. The summed E-state index contributed by atoms with van der Waals surface area (Å²) >= 11 is 0. The fraction of sp³-hybridized carbons (Fsp3) is 0.364. The van der Waals surface area contributed by atoms with Crippen LogP contribution in [0.2, 0.25) is 0 Å². The first-order valence-electron chi connectivity index (χ1n) is 4.35. The summed E-state index contributed by atoms with van der Waals surface area (Å²) in [6, 6.07) is 2.47. The topological polar surface area (TPSA) is 37.3 Å². The molecule has 0 amide bonds. The molecule has 3 heteroatoms. The van der Waals surface area contributed by atoms with Gasteiger partial charge in [0.2, 0.25) is 0 Å². The van der Waals surface area contributed by atoms with Crippen LogP contribution in [0.25, 0.3) is 0 Å². The zero-order valence-electron chi connectivity index (χ0n) is 8.47.